The van der Waals surface area contributed by atoms with Crippen LogP contribution >= 0.6 is 0 Å². The molecule has 0 bridgehead atoms. The van der Waals surface area contributed by atoms with Gasteiger partial charge in [0.2, 0.25) is 0 Å². The second kappa shape index (κ2) is 2.95. The summed E-state index contributed by atoms with van der Waals surface area (Å²) in [4.78, 5) is 0. The molecule has 0 radical (unpaired) electrons. The van der Waals surface area contributed by atoms with Crippen molar-refractivity contribution in [1.82, 2.24) is 4.57 Å². The molecule has 0 spiro atoms. The van der Waals surface area contributed by atoms with Gasteiger partial charge in [0.25, 0.3) is 0 Å². The highest BCUT2D eigenvalue weighted by atomic mass is 19.1. The SMILES string of the molecule is C#CCn1ccc2ccc(F)cc21. The van der Waals surface area contributed by atoms with E-state index in [1.807, 2.05) is 16.8 Å². The standard InChI is InChI=1S/C11H8FN/c1-2-6-13-7-5-9-3-4-10(12)8-11(9)13/h1,3-5,7-8H,6H2. The third kappa shape index (κ3) is 1.29. The maximum absolute atomic E-state index is 12.9. The summed E-state index contributed by atoms with van der Waals surface area (Å²) in [7, 11) is 0. The first-order valence-corrected chi connectivity index (χ1v) is 3.99. The fourth-order valence-corrected chi connectivity index (χ4v) is 1.39. The molecule has 0 N–H and O–H groups in total. The molecule has 1 aromatic carbocycles. The molecule has 0 aliphatic heterocycles. The summed E-state index contributed by atoms with van der Waals surface area (Å²) >= 11 is 0. The van der Waals surface area contributed by atoms with Gasteiger partial charge in [0.1, 0.15) is 5.82 Å². The van der Waals surface area contributed by atoms with Crippen LogP contribution in [0.25, 0.3) is 10.9 Å². The molecule has 0 aliphatic carbocycles. The molecule has 13 heavy (non-hydrogen) atoms. The number of halogens is 1. The van der Waals surface area contributed by atoms with Crippen molar-refractivity contribution in [2.45, 2.75) is 6.54 Å². The minimum atomic E-state index is -0.232. The normalized spacial score (nSPS) is 10.2. The highest BCUT2D eigenvalue weighted by molar-refractivity contribution is 5.80. The van der Waals surface area contributed by atoms with Crippen LogP contribution < -0.4 is 0 Å². The van der Waals surface area contributed by atoms with Crippen LogP contribution in [0.4, 0.5) is 4.39 Å². The number of rotatable bonds is 1. The lowest BCUT2D eigenvalue weighted by atomic mass is 10.2. The van der Waals surface area contributed by atoms with E-state index in [0.717, 1.165) is 10.9 Å². The van der Waals surface area contributed by atoms with E-state index in [4.69, 9.17) is 6.42 Å². The molecule has 0 amide bonds. The third-order valence-corrected chi connectivity index (χ3v) is 2.00. The molecular formula is C11H8FN. The van der Waals surface area contributed by atoms with Crippen LogP contribution in [-0.4, -0.2) is 4.57 Å². The first kappa shape index (κ1) is 7.88. The fraction of sp³-hybridized carbons (Fsp3) is 0.0909. The molecule has 1 nitrogen and oxygen atoms in total. The zero-order chi connectivity index (χ0) is 9.26. The van der Waals surface area contributed by atoms with Gasteiger partial charge in [-0.25, -0.2) is 4.39 Å². The summed E-state index contributed by atoms with van der Waals surface area (Å²) in [5.41, 5.74) is 0.845. The van der Waals surface area contributed by atoms with Crippen molar-refractivity contribution in [3.8, 4) is 12.3 Å². The smallest absolute Gasteiger partial charge is 0.125 e. The highest BCUT2D eigenvalue weighted by Crippen LogP contribution is 2.16. The molecule has 0 aliphatic rings. The number of hydrogen-bond acceptors (Lipinski definition) is 0. The summed E-state index contributed by atoms with van der Waals surface area (Å²) in [5.74, 6) is 2.29. The Kier molecular flexibility index (Phi) is 1.79. The monoisotopic (exact) mass is 173 g/mol. The molecule has 0 saturated carbocycles. The van der Waals surface area contributed by atoms with Crippen LogP contribution in [0.2, 0.25) is 0 Å². The summed E-state index contributed by atoms with van der Waals surface area (Å²) < 4.78 is 14.7. The minimum absolute atomic E-state index is 0.232. The van der Waals surface area contributed by atoms with Crippen molar-refractivity contribution in [1.29, 1.82) is 0 Å². The molecule has 0 unspecified atom stereocenters. The van der Waals surface area contributed by atoms with Gasteiger partial charge in [-0.2, -0.15) is 0 Å². The summed E-state index contributed by atoms with van der Waals surface area (Å²) in [5, 5.41) is 1.01. The molecule has 2 rings (SSSR count). The molecule has 1 heterocycles. The van der Waals surface area contributed by atoms with E-state index in [-0.39, 0.29) is 5.82 Å². The van der Waals surface area contributed by atoms with Crippen molar-refractivity contribution < 1.29 is 4.39 Å². The summed E-state index contributed by atoms with van der Waals surface area (Å²) in [6.07, 6.45) is 7.05. The zero-order valence-electron chi connectivity index (χ0n) is 7.00. The van der Waals surface area contributed by atoms with Crippen molar-refractivity contribution >= 4 is 10.9 Å². The predicted molar refractivity (Wildman–Crippen MR) is 50.7 cm³/mol. The molecule has 0 saturated heterocycles. The van der Waals surface area contributed by atoms with Crippen LogP contribution in [0, 0.1) is 18.2 Å². The van der Waals surface area contributed by atoms with E-state index in [1.165, 1.54) is 12.1 Å². The average Bonchev–Trinajstić information content (AvgIpc) is 2.49. The zero-order valence-corrected chi connectivity index (χ0v) is 7.00. The summed E-state index contributed by atoms with van der Waals surface area (Å²) in [6.45, 7) is 0.479. The second-order valence-electron chi connectivity index (χ2n) is 2.85. The van der Waals surface area contributed by atoms with E-state index in [2.05, 4.69) is 5.92 Å². The lowest BCUT2D eigenvalue weighted by molar-refractivity contribution is 0.628. The predicted octanol–water partition coefficient (Wildman–Crippen LogP) is 2.41. The minimum Gasteiger partial charge on any atom is -0.336 e. The van der Waals surface area contributed by atoms with Crippen molar-refractivity contribution in [2.24, 2.45) is 0 Å². The third-order valence-electron chi connectivity index (χ3n) is 2.00. The Morgan fingerprint density at radius 2 is 2.23 bits per heavy atom. The largest absolute Gasteiger partial charge is 0.336 e. The Labute approximate surface area is 75.8 Å². The summed E-state index contributed by atoms with van der Waals surface area (Å²) in [6, 6.07) is 6.61. The molecule has 1 aromatic heterocycles. The van der Waals surface area contributed by atoms with Gasteiger partial charge in [-0.15, -0.1) is 6.42 Å². The molecule has 2 heteroatoms. The molecular weight excluding hydrogens is 165 g/mol. The van der Waals surface area contributed by atoms with Gasteiger partial charge in [0, 0.05) is 6.20 Å². The van der Waals surface area contributed by atoms with Gasteiger partial charge in [0.15, 0.2) is 0 Å². The quantitative estimate of drug-likeness (QED) is 0.583. The number of nitrogens with zero attached hydrogens (tertiary/aromatic N) is 1. The topological polar surface area (TPSA) is 4.93 Å². The number of aromatic nitrogens is 1. The molecule has 2 aromatic rings. The van der Waals surface area contributed by atoms with Gasteiger partial charge in [0.05, 0.1) is 12.1 Å². The Hall–Kier alpha value is -1.75. The lowest BCUT2D eigenvalue weighted by Crippen LogP contribution is -1.92. The van der Waals surface area contributed by atoms with E-state index >= 15 is 0 Å². The van der Waals surface area contributed by atoms with E-state index in [1.54, 1.807) is 6.07 Å². The van der Waals surface area contributed by atoms with Crippen LogP contribution in [0.1, 0.15) is 0 Å². The van der Waals surface area contributed by atoms with Crippen molar-refractivity contribution in [2.75, 3.05) is 0 Å². The van der Waals surface area contributed by atoms with Crippen molar-refractivity contribution in [3.05, 3.63) is 36.3 Å². The van der Waals surface area contributed by atoms with Crippen LogP contribution in [0.3, 0.4) is 0 Å². The Balaban J connectivity index is 2.66. The Bertz CT molecular complexity index is 476. The van der Waals surface area contributed by atoms with E-state index < -0.39 is 0 Å². The van der Waals surface area contributed by atoms with Crippen LogP contribution in [0.15, 0.2) is 30.5 Å². The van der Waals surface area contributed by atoms with E-state index in [0.29, 0.717) is 6.54 Å². The fourth-order valence-electron chi connectivity index (χ4n) is 1.39. The highest BCUT2D eigenvalue weighted by Gasteiger charge is 2.00. The van der Waals surface area contributed by atoms with Gasteiger partial charge in [-0.05, 0) is 29.7 Å². The number of fused-ring (bicyclic) bond motifs is 1. The van der Waals surface area contributed by atoms with Crippen LogP contribution in [-0.2, 0) is 6.54 Å². The first-order valence-electron chi connectivity index (χ1n) is 3.99. The van der Waals surface area contributed by atoms with Gasteiger partial charge < -0.3 is 4.57 Å². The Morgan fingerprint density at radius 3 is 3.00 bits per heavy atom. The van der Waals surface area contributed by atoms with E-state index in [9.17, 15) is 4.39 Å². The Morgan fingerprint density at radius 1 is 1.38 bits per heavy atom. The molecule has 0 atom stereocenters. The molecule has 0 fully saturated rings. The van der Waals surface area contributed by atoms with Crippen molar-refractivity contribution in [3.63, 3.8) is 0 Å². The number of terminal acetylenes is 1. The maximum Gasteiger partial charge on any atom is 0.125 e. The number of benzene rings is 1. The van der Waals surface area contributed by atoms with Gasteiger partial charge >= 0.3 is 0 Å². The number of hydrogen-bond donors (Lipinski definition) is 0. The van der Waals surface area contributed by atoms with Gasteiger partial charge in [-0.3, -0.25) is 0 Å². The second-order valence-corrected chi connectivity index (χ2v) is 2.85. The van der Waals surface area contributed by atoms with Crippen LogP contribution in [0.5, 0.6) is 0 Å². The average molecular weight is 173 g/mol. The molecule has 64 valence electrons. The first-order chi connectivity index (χ1) is 6.31. The van der Waals surface area contributed by atoms with Gasteiger partial charge in [-0.1, -0.05) is 5.92 Å². The lowest BCUT2D eigenvalue weighted by Gasteiger charge is -1.98. The maximum atomic E-state index is 12.9.